The van der Waals surface area contributed by atoms with Gasteiger partial charge < -0.3 is 0 Å². The van der Waals surface area contributed by atoms with Crippen LogP contribution in [0.4, 0.5) is 0 Å². The first-order valence-electron chi connectivity index (χ1n) is 2.94. The number of azo groups is 1. The summed E-state index contributed by atoms with van der Waals surface area (Å²) in [5.74, 6) is 0. The summed E-state index contributed by atoms with van der Waals surface area (Å²) in [5.41, 5.74) is 1.28. The van der Waals surface area contributed by atoms with Crippen LogP contribution < -0.4 is 0 Å². The van der Waals surface area contributed by atoms with Crippen LogP contribution in [0, 0.1) is 0 Å². The molecule has 1 heterocycles. The van der Waals surface area contributed by atoms with E-state index >= 15 is 0 Å². The van der Waals surface area contributed by atoms with Gasteiger partial charge in [0, 0.05) is 0 Å². The van der Waals surface area contributed by atoms with E-state index in [0.29, 0.717) is 12.1 Å². The minimum Gasteiger partial charge on any atom is -0.190 e. The van der Waals surface area contributed by atoms with Gasteiger partial charge in [-0.25, -0.2) is 0 Å². The Labute approximate surface area is 48.3 Å². The van der Waals surface area contributed by atoms with Gasteiger partial charge >= 0.3 is 0 Å². The predicted octanol–water partition coefficient (Wildman–Crippen LogP) is 1.54. The lowest BCUT2D eigenvalue weighted by atomic mass is 10.2. The molecule has 2 aliphatic rings. The minimum absolute atomic E-state index is 0.403. The van der Waals surface area contributed by atoms with Crippen LogP contribution in [0.15, 0.2) is 22.4 Å². The molecule has 0 aromatic carbocycles. The summed E-state index contributed by atoms with van der Waals surface area (Å²) in [5, 5.41) is 8.03. The third kappa shape index (κ3) is 0.377. The molecule has 1 fully saturated rings. The summed E-state index contributed by atoms with van der Waals surface area (Å²) in [6.07, 6.45) is 2.23. The number of rotatable bonds is 0. The van der Waals surface area contributed by atoms with Crippen molar-refractivity contribution in [1.82, 2.24) is 0 Å². The molecule has 0 aromatic rings. The van der Waals surface area contributed by atoms with Gasteiger partial charge in [-0.1, -0.05) is 6.58 Å². The van der Waals surface area contributed by atoms with E-state index in [0.717, 1.165) is 12.8 Å². The zero-order valence-electron chi connectivity index (χ0n) is 4.67. The van der Waals surface area contributed by atoms with E-state index in [1.54, 1.807) is 0 Å². The van der Waals surface area contributed by atoms with Crippen molar-refractivity contribution in [3.8, 4) is 0 Å². The zero-order valence-corrected chi connectivity index (χ0v) is 4.67. The summed E-state index contributed by atoms with van der Waals surface area (Å²) in [6.45, 7) is 3.88. The van der Waals surface area contributed by atoms with Crippen molar-refractivity contribution in [2.45, 2.75) is 24.9 Å². The maximum Gasteiger partial charge on any atom is 0.0937 e. The molecule has 0 spiro atoms. The van der Waals surface area contributed by atoms with Crippen LogP contribution in [0.2, 0.25) is 0 Å². The quantitative estimate of drug-likeness (QED) is 0.420. The molecule has 0 N–H and O–H groups in total. The minimum atomic E-state index is 0.403. The highest BCUT2D eigenvalue weighted by atomic mass is 15.2. The summed E-state index contributed by atoms with van der Waals surface area (Å²) in [7, 11) is 0. The highest BCUT2D eigenvalue weighted by Gasteiger charge is 2.32. The Balaban J connectivity index is 2.35. The van der Waals surface area contributed by atoms with Crippen LogP contribution >= 0.6 is 0 Å². The van der Waals surface area contributed by atoms with Gasteiger partial charge in [0.25, 0.3) is 0 Å². The SMILES string of the molecule is C=C1C[C@H]2C[C@@H]1N=N2. The molecule has 1 aliphatic heterocycles. The van der Waals surface area contributed by atoms with E-state index in [1.165, 1.54) is 5.57 Å². The van der Waals surface area contributed by atoms with Crippen molar-refractivity contribution >= 4 is 0 Å². The van der Waals surface area contributed by atoms with Gasteiger partial charge in [-0.2, -0.15) is 10.2 Å². The molecule has 2 heteroatoms. The normalized spacial score (nSPS) is 41.8. The van der Waals surface area contributed by atoms with Crippen molar-refractivity contribution in [1.29, 1.82) is 0 Å². The number of fused-ring (bicyclic) bond motifs is 2. The second kappa shape index (κ2) is 1.19. The fraction of sp³-hybridized carbons (Fsp3) is 0.667. The molecule has 0 saturated heterocycles. The maximum absolute atomic E-state index is 4.02. The highest BCUT2D eigenvalue weighted by molar-refractivity contribution is 5.17. The lowest BCUT2D eigenvalue weighted by Crippen LogP contribution is -1.95. The molecule has 0 unspecified atom stereocenters. The molecule has 2 rings (SSSR count). The van der Waals surface area contributed by atoms with Crippen LogP contribution in [0.25, 0.3) is 0 Å². The van der Waals surface area contributed by atoms with Crippen molar-refractivity contribution in [2.24, 2.45) is 10.2 Å². The molecule has 42 valence electrons. The maximum atomic E-state index is 4.02. The molecule has 2 bridgehead atoms. The summed E-state index contributed by atoms with van der Waals surface area (Å²) in [4.78, 5) is 0. The largest absolute Gasteiger partial charge is 0.190 e. The topological polar surface area (TPSA) is 24.7 Å². The van der Waals surface area contributed by atoms with Gasteiger partial charge in [0.2, 0.25) is 0 Å². The van der Waals surface area contributed by atoms with Gasteiger partial charge in [0.05, 0.1) is 12.1 Å². The second-order valence-electron chi connectivity index (χ2n) is 2.50. The van der Waals surface area contributed by atoms with Gasteiger partial charge in [-0.05, 0) is 18.4 Å². The van der Waals surface area contributed by atoms with Gasteiger partial charge in [-0.15, -0.1) is 0 Å². The van der Waals surface area contributed by atoms with E-state index in [4.69, 9.17) is 0 Å². The van der Waals surface area contributed by atoms with Crippen LogP contribution in [0.3, 0.4) is 0 Å². The molecular formula is C6H8N2. The third-order valence-electron chi connectivity index (χ3n) is 1.83. The van der Waals surface area contributed by atoms with E-state index in [2.05, 4.69) is 16.8 Å². The third-order valence-corrected chi connectivity index (χ3v) is 1.83. The van der Waals surface area contributed by atoms with E-state index in [9.17, 15) is 0 Å². The first-order chi connectivity index (χ1) is 3.86. The number of hydrogen-bond acceptors (Lipinski definition) is 2. The Morgan fingerprint density at radius 2 is 2.38 bits per heavy atom. The average molecular weight is 108 g/mol. The van der Waals surface area contributed by atoms with Crippen LogP contribution in [0.5, 0.6) is 0 Å². The van der Waals surface area contributed by atoms with E-state index in [1.807, 2.05) is 0 Å². The van der Waals surface area contributed by atoms with Crippen molar-refractivity contribution in [3.63, 3.8) is 0 Å². The standard InChI is InChI=1S/C6H8N2/c1-4-2-5-3-6(4)8-7-5/h5-6H,1-3H2/t5-,6-/m0/s1. The molecular weight excluding hydrogens is 100 g/mol. The highest BCUT2D eigenvalue weighted by Crippen LogP contribution is 2.34. The first-order valence-corrected chi connectivity index (χ1v) is 2.94. The summed E-state index contributed by atoms with van der Waals surface area (Å²) in [6, 6.07) is 0.910. The zero-order chi connectivity index (χ0) is 5.56. The Hall–Kier alpha value is -0.660. The smallest absolute Gasteiger partial charge is 0.0937 e. The van der Waals surface area contributed by atoms with Crippen LogP contribution in [-0.4, -0.2) is 12.1 Å². The molecule has 2 atom stereocenters. The van der Waals surface area contributed by atoms with Crippen LogP contribution in [-0.2, 0) is 0 Å². The number of nitrogens with zero attached hydrogens (tertiary/aromatic N) is 2. The Bertz CT molecular complexity index is 160. The monoisotopic (exact) mass is 108 g/mol. The molecule has 0 amide bonds. The molecule has 2 nitrogen and oxygen atoms in total. The second-order valence-corrected chi connectivity index (χ2v) is 2.50. The van der Waals surface area contributed by atoms with Gasteiger partial charge in [-0.3, -0.25) is 0 Å². The van der Waals surface area contributed by atoms with Crippen LogP contribution in [0.1, 0.15) is 12.8 Å². The van der Waals surface area contributed by atoms with Crippen molar-refractivity contribution in [2.75, 3.05) is 0 Å². The molecule has 1 aliphatic carbocycles. The number of hydrogen-bond donors (Lipinski definition) is 0. The fourth-order valence-electron chi connectivity index (χ4n) is 1.34. The summed E-state index contributed by atoms with van der Waals surface area (Å²) < 4.78 is 0. The Kier molecular flexibility index (Phi) is 0.629. The summed E-state index contributed by atoms with van der Waals surface area (Å²) >= 11 is 0. The first kappa shape index (κ1) is 4.24. The van der Waals surface area contributed by atoms with Gasteiger partial charge in [0.1, 0.15) is 0 Å². The van der Waals surface area contributed by atoms with Crippen molar-refractivity contribution in [3.05, 3.63) is 12.2 Å². The Morgan fingerprint density at radius 3 is 2.62 bits per heavy atom. The molecule has 0 radical (unpaired) electrons. The molecule has 8 heavy (non-hydrogen) atoms. The average Bonchev–Trinajstić information content (AvgIpc) is 2.23. The lowest BCUT2D eigenvalue weighted by Gasteiger charge is -2.01. The fourth-order valence-corrected chi connectivity index (χ4v) is 1.34. The van der Waals surface area contributed by atoms with Crippen molar-refractivity contribution < 1.29 is 0 Å². The van der Waals surface area contributed by atoms with Gasteiger partial charge in [0.15, 0.2) is 0 Å². The van der Waals surface area contributed by atoms with E-state index < -0.39 is 0 Å². The van der Waals surface area contributed by atoms with E-state index in [-0.39, 0.29) is 0 Å². The molecule has 0 aromatic heterocycles. The predicted molar refractivity (Wildman–Crippen MR) is 30.8 cm³/mol. The molecule has 1 saturated carbocycles. The Morgan fingerprint density at radius 1 is 1.50 bits per heavy atom. The lowest BCUT2D eigenvalue weighted by molar-refractivity contribution is 0.733.